The van der Waals surface area contributed by atoms with E-state index in [0.29, 0.717) is 0 Å². The Morgan fingerprint density at radius 1 is 0.400 bits per heavy atom. The van der Waals surface area contributed by atoms with Crippen molar-refractivity contribution in [1.29, 1.82) is 0 Å². The maximum absolute atomic E-state index is 2.43. The Labute approximate surface area is 202 Å². The number of rotatable bonds is 3. The van der Waals surface area contributed by atoms with Crippen LogP contribution in [0.15, 0.2) is 127 Å². The lowest BCUT2D eigenvalue weighted by atomic mass is 10.1. The molecule has 0 radical (unpaired) electrons. The highest BCUT2D eigenvalue weighted by Gasteiger charge is 2.23. The van der Waals surface area contributed by atoms with E-state index in [1.54, 1.807) is 0 Å². The highest BCUT2D eigenvalue weighted by atomic mass is 15.1. The van der Waals surface area contributed by atoms with Crippen molar-refractivity contribution >= 4 is 60.9 Å². The third kappa shape index (κ3) is 2.44. The van der Waals surface area contributed by atoms with E-state index in [4.69, 9.17) is 0 Å². The molecule has 0 fully saturated rings. The number of hydrogen-bond donors (Lipinski definition) is 0. The second-order valence-corrected chi connectivity index (χ2v) is 9.08. The molecule has 0 aliphatic rings. The smallest absolute Gasteiger partial charge is 0.131 e. The molecule has 0 spiro atoms. The molecule has 0 N–H and O–H groups in total. The van der Waals surface area contributed by atoms with E-state index < -0.39 is 0 Å². The summed E-state index contributed by atoms with van der Waals surface area (Å²) in [4.78, 5) is 2.33. The van der Waals surface area contributed by atoms with Crippen LogP contribution in [0, 0.1) is 0 Å². The molecule has 0 atom stereocenters. The minimum absolute atomic E-state index is 1.15. The molecular weight excluding hydrogens is 426 g/mol. The lowest BCUT2D eigenvalue weighted by molar-refractivity contribution is 1.27. The topological polar surface area (TPSA) is 12.1 Å². The number of nitrogens with zero attached hydrogens (tertiary/aromatic N) is 3. The van der Waals surface area contributed by atoms with Gasteiger partial charge in [-0.1, -0.05) is 66.7 Å². The standard InChI is InChI=1S/C32H21N3/c1-3-11-22(12-4-1)33(23-13-5-2-6-14-23)24-19-20-28-26(21-24)31-25-15-7-8-16-27(25)34-29-17-9-10-18-30(29)35(28)32(31)34/h1-21H. The first-order valence-corrected chi connectivity index (χ1v) is 12.0. The minimum atomic E-state index is 1.15. The van der Waals surface area contributed by atoms with E-state index in [1.807, 2.05) is 0 Å². The van der Waals surface area contributed by atoms with Gasteiger partial charge in [0.15, 0.2) is 0 Å². The van der Waals surface area contributed by atoms with Crippen LogP contribution < -0.4 is 4.90 Å². The van der Waals surface area contributed by atoms with E-state index in [9.17, 15) is 0 Å². The molecule has 0 bridgehead atoms. The third-order valence-corrected chi connectivity index (χ3v) is 7.20. The zero-order valence-corrected chi connectivity index (χ0v) is 19.0. The number of hydrogen-bond acceptors (Lipinski definition) is 1. The summed E-state index contributed by atoms with van der Waals surface area (Å²) in [6.45, 7) is 0. The number of imidazole rings is 1. The van der Waals surface area contributed by atoms with Crippen LogP contribution in [0.3, 0.4) is 0 Å². The van der Waals surface area contributed by atoms with Crippen LogP contribution in [0.4, 0.5) is 17.1 Å². The monoisotopic (exact) mass is 447 g/mol. The fourth-order valence-corrected chi connectivity index (χ4v) is 5.81. The molecule has 164 valence electrons. The molecule has 35 heavy (non-hydrogen) atoms. The van der Waals surface area contributed by atoms with E-state index in [2.05, 4.69) is 141 Å². The van der Waals surface area contributed by atoms with Gasteiger partial charge in [0, 0.05) is 33.2 Å². The normalized spacial score (nSPS) is 12.0. The van der Waals surface area contributed by atoms with Crippen molar-refractivity contribution in [3.63, 3.8) is 0 Å². The van der Waals surface area contributed by atoms with Gasteiger partial charge in [0.25, 0.3) is 0 Å². The molecular formula is C32H21N3. The molecule has 8 aromatic rings. The fourth-order valence-electron chi connectivity index (χ4n) is 5.81. The molecule has 0 amide bonds. The summed E-state index contributed by atoms with van der Waals surface area (Å²) in [5, 5.41) is 3.89. The third-order valence-electron chi connectivity index (χ3n) is 7.20. The average molecular weight is 448 g/mol. The van der Waals surface area contributed by atoms with Crippen molar-refractivity contribution in [3.8, 4) is 0 Å². The predicted octanol–water partition coefficient (Wildman–Crippen LogP) is 8.56. The summed E-state index contributed by atoms with van der Waals surface area (Å²) in [6.07, 6.45) is 0. The number of para-hydroxylation sites is 5. The van der Waals surface area contributed by atoms with Gasteiger partial charge in [-0.05, 0) is 60.7 Å². The van der Waals surface area contributed by atoms with Gasteiger partial charge in [0.2, 0.25) is 0 Å². The average Bonchev–Trinajstić information content (AvgIpc) is 3.55. The van der Waals surface area contributed by atoms with E-state index in [-0.39, 0.29) is 0 Å². The highest BCUT2D eigenvalue weighted by Crippen LogP contribution is 2.43. The van der Waals surface area contributed by atoms with Crippen molar-refractivity contribution < 1.29 is 0 Å². The highest BCUT2D eigenvalue weighted by molar-refractivity contribution is 6.24. The summed E-state index contributed by atoms with van der Waals surface area (Å²) in [7, 11) is 0. The number of fused-ring (bicyclic) bond motifs is 9. The quantitative estimate of drug-likeness (QED) is 0.264. The summed E-state index contributed by atoms with van der Waals surface area (Å²) in [6, 6.07) is 45.6. The summed E-state index contributed by atoms with van der Waals surface area (Å²) >= 11 is 0. The Balaban J connectivity index is 1.51. The van der Waals surface area contributed by atoms with Gasteiger partial charge >= 0.3 is 0 Å². The van der Waals surface area contributed by atoms with Crippen LogP contribution in [-0.2, 0) is 0 Å². The van der Waals surface area contributed by atoms with Crippen molar-refractivity contribution in [2.75, 3.05) is 4.90 Å². The van der Waals surface area contributed by atoms with Gasteiger partial charge in [0.1, 0.15) is 5.65 Å². The van der Waals surface area contributed by atoms with Crippen molar-refractivity contribution in [3.05, 3.63) is 127 Å². The first-order valence-electron chi connectivity index (χ1n) is 12.0. The predicted molar refractivity (Wildman–Crippen MR) is 147 cm³/mol. The first kappa shape index (κ1) is 18.6. The number of anilines is 3. The number of aromatic nitrogens is 2. The SMILES string of the molecule is c1ccc(N(c2ccccc2)c2ccc3c(c2)c2c4ccccc4n4c5ccccc5n3c24)cc1. The molecule has 0 aliphatic carbocycles. The van der Waals surface area contributed by atoms with E-state index in [1.165, 1.54) is 43.9 Å². The zero-order valence-electron chi connectivity index (χ0n) is 19.0. The van der Waals surface area contributed by atoms with Gasteiger partial charge < -0.3 is 4.90 Å². The molecule has 0 unspecified atom stereocenters. The maximum Gasteiger partial charge on any atom is 0.131 e. The number of benzene rings is 5. The first-order chi connectivity index (χ1) is 17.4. The minimum Gasteiger partial charge on any atom is -0.310 e. The van der Waals surface area contributed by atoms with E-state index in [0.717, 1.165) is 17.1 Å². The maximum atomic E-state index is 2.43. The molecule has 0 saturated heterocycles. The second-order valence-electron chi connectivity index (χ2n) is 9.08. The Hall–Kier alpha value is -4.76. The van der Waals surface area contributed by atoms with Gasteiger partial charge in [-0.2, -0.15) is 0 Å². The van der Waals surface area contributed by atoms with Crippen molar-refractivity contribution in [2.45, 2.75) is 0 Å². The van der Waals surface area contributed by atoms with Gasteiger partial charge in [-0.25, -0.2) is 0 Å². The molecule has 3 nitrogen and oxygen atoms in total. The van der Waals surface area contributed by atoms with Gasteiger partial charge in [-0.15, -0.1) is 0 Å². The lowest BCUT2D eigenvalue weighted by Crippen LogP contribution is -2.09. The Kier molecular flexibility index (Phi) is 3.66. The summed E-state index contributed by atoms with van der Waals surface area (Å²) in [5.74, 6) is 0. The fraction of sp³-hybridized carbons (Fsp3) is 0. The Bertz CT molecular complexity index is 1950. The van der Waals surface area contributed by atoms with Gasteiger partial charge in [-0.3, -0.25) is 8.80 Å². The second kappa shape index (κ2) is 6.87. The molecule has 8 rings (SSSR count). The van der Waals surface area contributed by atoms with Crippen LogP contribution in [0.1, 0.15) is 0 Å². The molecule has 0 aliphatic heterocycles. The van der Waals surface area contributed by atoms with Crippen LogP contribution in [0.5, 0.6) is 0 Å². The van der Waals surface area contributed by atoms with Crippen LogP contribution in [0.25, 0.3) is 43.9 Å². The lowest BCUT2D eigenvalue weighted by Gasteiger charge is -2.25. The zero-order chi connectivity index (χ0) is 22.9. The van der Waals surface area contributed by atoms with Crippen molar-refractivity contribution in [2.24, 2.45) is 0 Å². The van der Waals surface area contributed by atoms with Crippen LogP contribution in [-0.4, -0.2) is 8.80 Å². The Morgan fingerprint density at radius 2 is 0.914 bits per heavy atom. The summed E-state index contributed by atoms with van der Waals surface area (Å²) in [5.41, 5.74) is 9.68. The largest absolute Gasteiger partial charge is 0.310 e. The molecule has 5 aromatic carbocycles. The van der Waals surface area contributed by atoms with Gasteiger partial charge in [0.05, 0.1) is 22.1 Å². The Morgan fingerprint density at radius 3 is 1.54 bits per heavy atom. The van der Waals surface area contributed by atoms with Crippen LogP contribution >= 0.6 is 0 Å². The molecule has 0 saturated carbocycles. The summed E-state index contributed by atoms with van der Waals surface area (Å²) < 4.78 is 4.85. The molecule has 3 aromatic heterocycles. The van der Waals surface area contributed by atoms with Crippen molar-refractivity contribution in [1.82, 2.24) is 8.80 Å². The van der Waals surface area contributed by atoms with Crippen LogP contribution in [0.2, 0.25) is 0 Å². The molecule has 3 heterocycles. The molecule has 3 heteroatoms. The van der Waals surface area contributed by atoms with E-state index >= 15 is 0 Å².